The van der Waals surface area contributed by atoms with Crippen molar-refractivity contribution in [1.29, 1.82) is 0 Å². The van der Waals surface area contributed by atoms with Gasteiger partial charge < -0.3 is 15.4 Å². The summed E-state index contributed by atoms with van der Waals surface area (Å²) in [7, 11) is 0. The minimum Gasteiger partial charge on any atom is -0.372 e. The molecule has 0 saturated heterocycles. The van der Waals surface area contributed by atoms with Crippen molar-refractivity contribution >= 4 is 11.7 Å². The summed E-state index contributed by atoms with van der Waals surface area (Å²) in [6.07, 6.45) is 1.04. The van der Waals surface area contributed by atoms with Gasteiger partial charge in [-0.25, -0.2) is 4.79 Å². The van der Waals surface area contributed by atoms with Crippen LogP contribution in [0.2, 0.25) is 0 Å². The van der Waals surface area contributed by atoms with Crippen LogP contribution in [-0.2, 0) is 31.0 Å². The summed E-state index contributed by atoms with van der Waals surface area (Å²) in [6, 6.07) is 5.66. The Balaban J connectivity index is 1.60. The van der Waals surface area contributed by atoms with Crippen molar-refractivity contribution in [1.82, 2.24) is 15.1 Å². The van der Waals surface area contributed by atoms with Gasteiger partial charge in [-0.15, -0.1) is 0 Å². The normalized spacial score (nSPS) is 13.0. The van der Waals surface area contributed by atoms with E-state index in [1.165, 1.54) is 5.56 Å². The molecule has 6 nitrogen and oxygen atoms in total. The zero-order valence-corrected chi connectivity index (χ0v) is 14.5. The molecule has 0 radical (unpaired) electrons. The highest BCUT2D eigenvalue weighted by Gasteiger charge is 2.14. The van der Waals surface area contributed by atoms with Gasteiger partial charge in [-0.1, -0.05) is 13.0 Å². The first-order valence-corrected chi connectivity index (χ1v) is 8.35. The standard InChI is InChI=1S/C18H24N4O2/c1-4-7-22-13(3)17(12(2)21-22)9-19-18(23)20-16-6-5-14-10-24-11-15(14)8-16/h5-6,8H,4,7,9-11H2,1-3H3,(H2,19,20,23). The van der Waals surface area contributed by atoms with E-state index in [4.69, 9.17) is 4.74 Å². The van der Waals surface area contributed by atoms with Crippen molar-refractivity contribution in [2.45, 2.75) is 53.5 Å². The van der Waals surface area contributed by atoms with Gasteiger partial charge in [-0.05, 0) is 43.5 Å². The molecule has 0 atom stereocenters. The molecule has 1 aromatic carbocycles. The van der Waals surface area contributed by atoms with Gasteiger partial charge in [0.2, 0.25) is 0 Å². The molecule has 2 N–H and O–H groups in total. The van der Waals surface area contributed by atoms with E-state index in [0.717, 1.165) is 41.2 Å². The van der Waals surface area contributed by atoms with Gasteiger partial charge in [0.05, 0.1) is 18.9 Å². The fourth-order valence-corrected chi connectivity index (χ4v) is 3.01. The molecule has 2 heterocycles. The number of benzene rings is 1. The number of carbonyl (C=O) groups excluding carboxylic acids is 1. The zero-order chi connectivity index (χ0) is 17.1. The van der Waals surface area contributed by atoms with E-state index < -0.39 is 0 Å². The monoisotopic (exact) mass is 328 g/mol. The SMILES string of the molecule is CCCn1nc(C)c(CNC(=O)Nc2ccc3c(c2)COC3)c1C. The summed E-state index contributed by atoms with van der Waals surface area (Å²) in [6.45, 7) is 8.80. The summed E-state index contributed by atoms with van der Waals surface area (Å²) in [5, 5.41) is 10.3. The third-order valence-electron chi connectivity index (χ3n) is 4.37. The van der Waals surface area contributed by atoms with Gasteiger partial charge in [-0.2, -0.15) is 5.10 Å². The van der Waals surface area contributed by atoms with Crippen LogP contribution >= 0.6 is 0 Å². The number of anilines is 1. The average molecular weight is 328 g/mol. The lowest BCUT2D eigenvalue weighted by Gasteiger charge is -2.09. The Morgan fingerprint density at radius 2 is 2.08 bits per heavy atom. The summed E-state index contributed by atoms with van der Waals surface area (Å²) in [5.74, 6) is 0. The van der Waals surface area contributed by atoms with Crippen molar-refractivity contribution in [3.8, 4) is 0 Å². The van der Waals surface area contributed by atoms with E-state index >= 15 is 0 Å². The maximum atomic E-state index is 12.2. The number of nitrogens with one attached hydrogen (secondary N) is 2. The minimum atomic E-state index is -0.212. The highest BCUT2D eigenvalue weighted by atomic mass is 16.5. The number of hydrogen-bond donors (Lipinski definition) is 2. The van der Waals surface area contributed by atoms with Gasteiger partial charge in [-0.3, -0.25) is 4.68 Å². The molecule has 24 heavy (non-hydrogen) atoms. The summed E-state index contributed by atoms with van der Waals surface area (Å²) in [4.78, 5) is 12.2. The smallest absolute Gasteiger partial charge is 0.319 e. The van der Waals surface area contributed by atoms with Crippen molar-refractivity contribution in [2.75, 3.05) is 5.32 Å². The highest BCUT2D eigenvalue weighted by Crippen LogP contribution is 2.23. The number of carbonyl (C=O) groups is 1. The van der Waals surface area contributed by atoms with Crippen LogP contribution in [0.3, 0.4) is 0 Å². The van der Waals surface area contributed by atoms with Gasteiger partial charge in [0.25, 0.3) is 0 Å². The van der Waals surface area contributed by atoms with E-state index in [-0.39, 0.29) is 6.03 Å². The largest absolute Gasteiger partial charge is 0.372 e. The molecule has 6 heteroatoms. The van der Waals surface area contributed by atoms with Gasteiger partial charge in [0, 0.05) is 30.0 Å². The van der Waals surface area contributed by atoms with Crippen LogP contribution in [0, 0.1) is 13.8 Å². The number of rotatable bonds is 5. The molecule has 0 aliphatic carbocycles. The first kappa shape index (κ1) is 16.5. The Bertz CT molecular complexity index is 752. The Morgan fingerprint density at radius 1 is 1.29 bits per heavy atom. The summed E-state index contributed by atoms with van der Waals surface area (Å²) in [5.41, 5.74) is 6.28. The second-order valence-corrected chi connectivity index (χ2v) is 6.16. The molecule has 0 bridgehead atoms. The van der Waals surface area contributed by atoms with Crippen LogP contribution in [0.15, 0.2) is 18.2 Å². The molecule has 2 aromatic rings. The molecule has 0 saturated carbocycles. The summed E-state index contributed by atoms with van der Waals surface area (Å²) < 4.78 is 7.40. The minimum absolute atomic E-state index is 0.212. The fraction of sp³-hybridized carbons (Fsp3) is 0.444. The second kappa shape index (κ2) is 7.05. The molecule has 1 aliphatic rings. The second-order valence-electron chi connectivity index (χ2n) is 6.16. The zero-order valence-electron chi connectivity index (χ0n) is 14.5. The topological polar surface area (TPSA) is 68.2 Å². The quantitative estimate of drug-likeness (QED) is 0.885. The van der Waals surface area contributed by atoms with Gasteiger partial charge in [0.1, 0.15) is 0 Å². The Hall–Kier alpha value is -2.34. The van der Waals surface area contributed by atoms with Crippen LogP contribution in [0.25, 0.3) is 0 Å². The van der Waals surface area contributed by atoms with E-state index in [0.29, 0.717) is 19.8 Å². The number of ether oxygens (including phenoxy) is 1. The van der Waals surface area contributed by atoms with Crippen molar-refractivity contribution < 1.29 is 9.53 Å². The molecular formula is C18H24N4O2. The number of fused-ring (bicyclic) bond motifs is 1. The van der Waals surface area contributed by atoms with Crippen LogP contribution < -0.4 is 10.6 Å². The fourth-order valence-electron chi connectivity index (χ4n) is 3.01. The molecule has 1 aromatic heterocycles. The number of urea groups is 1. The third kappa shape index (κ3) is 3.43. The number of aromatic nitrogens is 2. The molecule has 1 aliphatic heterocycles. The predicted molar refractivity (Wildman–Crippen MR) is 92.8 cm³/mol. The van der Waals surface area contributed by atoms with Crippen molar-refractivity contribution in [3.63, 3.8) is 0 Å². The van der Waals surface area contributed by atoms with Gasteiger partial charge >= 0.3 is 6.03 Å². The lowest BCUT2D eigenvalue weighted by Crippen LogP contribution is -2.28. The third-order valence-corrected chi connectivity index (χ3v) is 4.37. The first-order chi connectivity index (χ1) is 11.6. The molecule has 0 fully saturated rings. The lowest BCUT2D eigenvalue weighted by molar-refractivity contribution is 0.134. The van der Waals surface area contributed by atoms with E-state index in [9.17, 15) is 4.79 Å². The summed E-state index contributed by atoms with van der Waals surface area (Å²) >= 11 is 0. The molecular weight excluding hydrogens is 304 g/mol. The Labute approximate surface area is 142 Å². The molecule has 0 spiro atoms. The van der Waals surface area contributed by atoms with E-state index in [1.54, 1.807) is 0 Å². The number of aryl methyl sites for hydroxylation is 2. The molecule has 128 valence electrons. The van der Waals surface area contributed by atoms with Crippen molar-refractivity contribution in [3.05, 3.63) is 46.3 Å². The van der Waals surface area contributed by atoms with Crippen LogP contribution in [0.4, 0.5) is 10.5 Å². The van der Waals surface area contributed by atoms with E-state index in [1.807, 2.05) is 36.7 Å². The van der Waals surface area contributed by atoms with Crippen molar-refractivity contribution in [2.24, 2.45) is 0 Å². The predicted octanol–water partition coefficient (Wildman–Crippen LogP) is 3.26. The first-order valence-electron chi connectivity index (χ1n) is 8.35. The van der Waals surface area contributed by atoms with Crippen LogP contribution in [0.1, 0.15) is 41.4 Å². The average Bonchev–Trinajstić information content (AvgIpc) is 3.11. The molecule has 2 amide bonds. The molecule has 0 unspecified atom stereocenters. The molecule has 3 rings (SSSR count). The Morgan fingerprint density at radius 3 is 2.88 bits per heavy atom. The maximum Gasteiger partial charge on any atom is 0.319 e. The highest BCUT2D eigenvalue weighted by molar-refractivity contribution is 5.89. The van der Waals surface area contributed by atoms with E-state index in [2.05, 4.69) is 22.7 Å². The lowest BCUT2D eigenvalue weighted by atomic mass is 10.1. The number of nitrogens with zero attached hydrogens (tertiary/aromatic N) is 2. The van der Waals surface area contributed by atoms with Crippen LogP contribution in [0.5, 0.6) is 0 Å². The number of amides is 2. The maximum absolute atomic E-state index is 12.2. The number of hydrogen-bond acceptors (Lipinski definition) is 3. The van der Waals surface area contributed by atoms with Crippen LogP contribution in [-0.4, -0.2) is 15.8 Å². The Kier molecular flexibility index (Phi) is 4.85. The van der Waals surface area contributed by atoms with Gasteiger partial charge in [0.15, 0.2) is 0 Å².